The van der Waals surface area contributed by atoms with Gasteiger partial charge in [0.05, 0.1) is 18.2 Å². The molecule has 0 saturated carbocycles. The molecule has 7 heteroatoms. The minimum absolute atomic E-state index is 0.0589. The number of piperidine rings is 1. The molecule has 0 spiro atoms. The molecule has 3 aliphatic rings. The monoisotopic (exact) mass is 362 g/mol. The molecule has 26 heavy (non-hydrogen) atoms. The van der Waals surface area contributed by atoms with Crippen LogP contribution in [0.1, 0.15) is 36.2 Å². The minimum atomic E-state index is -0.0589. The summed E-state index contributed by atoms with van der Waals surface area (Å²) in [6.45, 7) is 6.40. The smallest absolute Gasteiger partial charge is 0.227 e. The van der Waals surface area contributed by atoms with E-state index in [-0.39, 0.29) is 23.8 Å². The van der Waals surface area contributed by atoms with Gasteiger partial charge in [0.2, 0.25) is 11.8 Å². The standard InChI is InChI=1S/C19H30N4O3/c1-13-17(14(2)21(3)20-13)7-8-18(24)22-11-15-5-6-16(12-22)23(19(15)25)9-10-26-4/h15-16H,5-12H2,1-4H3/t15-,16+/m0/s1. The SMILES string of the molecule is COCCN1C(=O)[C@H]2CC[C@@H]1CN(C(=O)CCc1c(C)nn(C)c1C)C2. The normalized spacial score (nSPS) is 22.8. The molecule has 144 valence electrons. The van der Waals surface area contributed by atoms with Gasteiger partial charge in [0, 0.05) is 51.9 Å². The summed E-state index contributed by atoms with van der Waals surface area (Å²) >= 11 is 0. The van der Waals surface area contributed by atoms with Crippen LogP contribution in [-0.2, 0) is 27.8 Å². The first-order valence-corrected chi connectivity index (χ1v) is 9.48. The molecular weight excluding hydrogens is 332 g/mol. The van der Waals surface area contributed by atoms with Gasteiger partial charge in [-0.1, -0.05) is 0 Å². The molecule has 1 aromatic heterocycles. The Hall–Kier alpha value is -1.89. The van der Waals surface area contributed by atoms with Gasteiger partial charge in [-0.15, -0.1) is 0 Å². The first kappa shape index (κ1) is 18.9. The number of aromatic nitrogens is 2. The average molecular weight is 362 g/mol. The molecule has 0 aromatic carbocycles. The number of nitrogens with zero attached hydrogens (tertiary/aromatic N) is 4. The van der Waals surface area contributed by atoms with E-state index in [2.05, 4.69) is 5.10 Å². The number of carbonyl (C=O) groups excluding carboxylic acids is 2. The molecule has 2 atom stereocenters. The van der Waals surface area contributed by atoms with Crippen molar-refractivity contribution in [1.29, 1.82) is 0 Å². The van der Waals surface area contributed by atoms with Crippen molar-refractivity contribution >= 4 is 11.8 Å². The zero-order valence-electron chi connectivity index (χ0n) is 16.3. The van der Waals surface area contributed by atoms with Crippen LogP contribution < -0.4 is 0 Å². The molecule has 2 amide bonds. The lowest BCUT2D eigenvalue weighted by Crippen LogP contribution is -2.49. The molecule has 3 fully saturated rings. The third kappa shape index (κ3) is 3.63. The van der Waals surface area contributed by atoms with E-state index in [0.717, 1.165) is 29.8 Å². The van der Waals surface area contributed by atoms with Gasteiger partial charge in [-0.3, -0.25) is 14.3 Å². The third-order valence-electron chi connectivity index (χ3n) is 5.93. The Morgan fingerprint density at radius 3 is 2.69 bits per heavy atom. The van der Waals surface area contributed by atoms with Gasteiger partial charge in [0.1, 0.15) is 0 Å². The van der Waals surface area contributed by atoms with Gasteiger partial charge in [-0.05, 0) is 38.7 Å². The zero-order valence-corrected chi connectivity index (χ0v) is 16.3. The quantitative estimate of drug-likeness (QED) is 0.759. The van der Waals surface area contributed by atoms with E-state index < -0.39 is 0 Å². The van der Waals surface area contributed by atoms with Gasteiger partial charge in [-0.2, -0.15) is 5.10 Å². The van der Waals surface area contributed by atoms with Crippen LogP contribution in [0.5, 0.6) is 0 Å². The maximum Gasteiger partial charge on any atom is 0.227 e. The fourth-order valence-corrected chi connectivity index (χ4v) is 4.30. The van der Waals surface area contributed by atoms with Crippen molar-refractivity contribution in [2.45, 2.75) is 45.6 Å². The fourth-order valence-electron chi connectivity index (χ4n) is 4.30. The number of aryl methyl sites for hydroxylation is 2. The number of methoxy groups -OCH3 is 1. The molecule has 0 aliphatic carbocycles. The highest BCUT2D eigenvalue weighted by molar-refractivity contribution is 5.83. The Labute approximate surface area is 155 Å². The number of carbonyl (C=O) groups is 2. The molecule has 0 unspecified atom stereocenters. The van der Waals surface area contributed by atoms with Crippen LogP contribution in [0.2, 0.25) is 0 Å². The Bertz CT molecular complexity index is 685. The van der Waals surface area contributed by atoms with Gasteiger partial charge in [0.25, 0.3) is 0 Å². The molecule has 0 N–H and O–H groups in total. The van der Waals surface area contributed by atoms with Crippen molar-refractivity contribution in [3.63, 3.8) is 0 Å². The van der Waals surface area contributed by atoms with E-state index in [1.54, 1.807) is 7.11 Å². The number of hydrogen-bond acceptors (Lipinski definition) is 4. The Kier molecular flexibility index (Phi) is 5.65. The molecule has 0 radical (unpaired) electrons. The predicted octanol–water partition coefficient (Wildman–Crippen LogP) is 1.07. The lowest BCUT2D eigenvalue weighted by atomic mass is 9.94. The van der Waals surface area contributed by atoms with Crippen LogP contribution in [0.25, 0.3) is 0 Å². The summed E-state index contributed by atoms with van der Waals surface area (Å²) < 4.78 is 7.01. The number of amides is 2. The van der Waals surface area contributed by atoms with Crippen LogP contribution in [0.4, 0.5) is 0 Å². The van der Waals surface area contributed by atoms with E-state index in [1.165, 1.54) is 0 Å². The molecule has 1 aromatic rings. The van der Waals surface area contributed by atoms with Crippen LogP contribution in [0.15, 0.2) is 0 Å². The van der Waals surface area contributed by atoms with Crippen LogP contribution in [0, 0.1) is 19.8 Å². The summed E-state index contributed by atoms with van der Waals surface area (Å²) in [4.78, 5) is 29.4. The second kappa shape index (κ2) is 7.78. The van der Waals surface area contributed by atoms with E-state index in [4.69, 9.17) is 4.74 Å². The van der Waals surface area contributed by atoms with Gasteiger partial charge in [0.15, 0.2) is 0 Å². The van der Waals surface area contributed by atoms with Crippen molar-refractivity contribution in [2.75, 3.05) is 33.4 Å². The molecule has 7 nitrogen and oxygen atoms in total. The summed E-state index contributed by atoms with van der Waals surface area (Å²) in [6.07, 6.45) is 3.04. The van der Waals surface area contributed by atoms with Crippen LogP contribution in [0.3, 0.4) is 0 Å². The largest absolute Gasteiger partial charge is 0.383 e. The molecular formula is C19H30N4O3. The summed E-state index contributed by atoms with van der Waals surface area (Å²) in [7, 11) is 3.58. The lowest BCUT2D eigenvalue weighted by molar-refractivity contribution is -0.140. The topological polar surface area (TPSA) is 67.7 Å². The van der Waals surface area contributed by atoms with Crippen molar-refractivity contribution in [2.24, 2.45) is 13.0 Å². The average Bonchev–Trinajstić information content (AvgIpc) is 2.79. The number of rotatable bonds is 6. The Morgan fingerprint density at radius 1 is 1.27 bits per heavy atom. The lowest BCUT2D eigenvalue weighted by Gasteiger charge is -2.35. The number of ether oxygens (including phenoxy) is 1. The number of fused-ring (bicyclic) bond motifs is 4. The Morgan fingerprint density at radius 2 is 2.04 bits per heavy atom. The molecule has 2 bridgehead atoms. The third-order valence-corrected chi connectivity index (χ3v) is 5.93. The predicted molar refractivity (Wildman–Crippen MR) is 97.7 cm³/mol. The second-order valence-electron chi connectivity index (χ2n) is 7.52. The van der Waals surface area contributed by atoms with Crippen LogP contribution in [-0.4, -0.2) is 70.8 Å². The summed E-state index contributed by atoms with van der Waals surface area (Å²) in [6, 6.07) is 0.127. The van der Waals surface area contributed by atoms with Crippen molar-refractivity contribution in [3.8, 4) is 0 Å². The van der Waals surface area contributed by atoms with E-state index in [9.17, 15) is 9.59 Å². The van der Waals surface area contributed by atoms with Crippen molar-refractivity contribution in [3.05, 3.63) is 17.0 Å². The first-order valence-electron chi connectivity index (χ1n) is 9.48. The van der Waals surface area contributed by atoms with Crippen molar-refractivity contribution in [1.82, 2.24) is 19.6 Å². The first-order chi connectivity index (χ1) is 12.4. The van der Waals surface area contributed by atoms with E-state index in [1.807, 2.05) is 35.4 Å². The van der Waals surface area contributed by atoms with E-state index in [0.29, 0.717) is 39.1 Å². The van der Waals surface area contributed by atoms with Gasteiger partial charge < -0.3 is 14.5 Å². The maximum absolute atomic E-state index is 12.8. The van der Waals surface area contributed by atoms with Gasteiger partial charge >= 0.3 is 0 Å². The summed E-state index contributed by atoms with van der Waals surface area (Å²) in [5.41, 5.74) is 3.28. The molecule has 4 heterocycles. The zero-order chi connectivity index (χ0) is 18.8. The van der Waals surface area contributed by atoms with Gasteiger partial charge in [-0.25, -0.2) is 0 Å². The maximum atomic E-state index is 12.8. The minimum Gasteiger partial charge on any atom is -0.383 e. The molecule has 4 rings (SSSR count). The number of hydrogen-bond donors (Lipinski definition) is 0. The highest BCUT2D eigenvalue weighted by Crippen LogP contribution is 2.29. The molecule has 3 aliphatic heterocycles. The summed E-state index contributed by atoms with van der Waals surface area (Å²) in [5.74, 6) is 0.273. The van der Waals surface area contributed by atoms with Crippen molar-refractivity contribution < 1.29 is 14.3 Å². The summed E-state index contributed by atoms with van der Waals surface area (Å²) in [5, 5.41) is 4.43. The fraction of sp³-hybridized carbons (Fsp3) is 0.737. The Balaban J connectivity index is 1.64. The highest BCUT2D eigenvalue weighted by Gasteiger charge is 2.41. The molecule has 3 saturated heterocycles. The second-order valence-corrected chi connectivity index (χ2v) is 7.52. The van der Waals surface area contributed by atoms with E-state index >= 15 is 0 Å². The van der Waals surface area contributed by atoms with Crippen LogP contribution >= 0.6 is 0 Å². The highest BCUT2D eigenvalue weighted by atomic mass is 16.5.